The number of nitrogens with one attached hydrogen (secondary N) is 1. The highest BCUT2D eigenvalue weighted by Crippen LogP contribution is 2.33. The Kier molecular flexibility index (Phi) is 4.44. The van der Waals surface area contributed by atoms with Crippen molar-refractivity contribution in [2.45, 2.75) is 20.4 Å². The van der Waals surface area contributed by atoms with E-state index in [2.05, 4.69) is 36.9 Å². The summed E-state index contributed by atoms with van der Waals surface area (Å²) in [6.07, 6.45) is 0. The Morgan fingerprint density at radius 2 is 1.72 bits per heavy atom. The van der Waals surface area contributed by atoms with E-state index in [0.717, 1.165) is 60.2 Å². The largest absolute Gasteiger partial charge is 0.507 e. The van der Waals surface area contributed by atoms with Gasteiger partial charge in [0.05, 0.1) is 31.7 Å². The first-order chi connectivity index (χ1) is 14.1. The SMILES string of the molecule is Cc1cccc(N2CC[NH+](Cc3cc4oc5ccccc5c4cc3O)CC2)c1C. The summed E-state index contributed by atoms with van der Waals surface area (Å²) in [5.74, 6) is 0.369. The zero-order valence-corrected chi connectivity index (χ0v) is 17.0. The van der Waals surface area contributed by atoms with Crippen LogP contribution in [0.3, 0.4) is 0 Å². The van der Waals surface area contributed by atoms with Crippen LogP contribution in [-0.4, -0.2) is 31.3 Å². The number of hydrogen-bond donors (Lipinski definition) is 2. The van der Waals surface area contributed by atoms with Crippen molar-refractivity contribution >= 4 is 27.6 Å². The molecule has 1 fully saturated rings. The molecule has 148 valence electrons. The average molecular weight is 388 g/mol. The minimum absolute atomic E-state index is 0.369. The molecule has 4 nitrogen and oxygen atoms in total. The molecule has 29 heavy (non-hydrogen) atoms. The first kappa shape index (κ1) is 18.1. The van der Waals surface area contributed by atoms with Crippen LogP contribution in [0.5, 0.6) is 5.75 Å². The summed E-state index contributed by atoms with van der Waals surface area (Å²) in [4.78, 5) is 3.99. The monoisotopic (exact) mass is 387 g/mol. The number of aryl methyl sites for hydroxylation is 1. The van der Waals surface area contributed by atoms with E-state index in [1.807, 2.05) is 36.4 Å². The van der Waals surface area contributed by atoms with Crippen LogP contribution in [0.2, 0.25) is 0 Å². The van der Waals surface area contributed by atoms with Crippen LogP contribution in [0.25, 0.3) is 21.9 Å². The van der Waals surface area contributed by atoms with Crippen molar-refractivity contribution in [1.82, 2.24) is 0 Å². The number of anilines is 1. The molecule has 2 heterocycles. The highest BCUT2D eigenvalue weighted by molar-refractivity contribution is 6.05. The van der Waals surface area contributed by atoms with Crippen molar-refractivity contribution in [1.29, 1.82) is 0 Å². The van der Waals surface area contributed by atoms with E-state index in [9.17, 15) is 5.11 Å². The Balaban J connectivity index is 1.33. The first-order valence-corrected chi connectivity index (χ1v) is 10.4. The second-order valence-electron chi connectivity index (χ2n) is 8.21. The van der Waals surface area contributed by atoms with E-state index in [0.29, 0.717) is 5.75 Å². The zero-order valence-electron chi connectivity index (χ0n) is 17.0. The Morgan fingerprint density at radius 1 is 0.931 bits per heavy atom. The Bertz CT molecular complexity index is 1190. The highest BCUT2D eigenvalue weighted by atomic mass is 16.3. The number of rotatable bonds is 3. The van der Waals surface area contributed by atoms with Crippen molar-refractivity contribution in [2.75, 3.05) is 31.1 Å². The number of benzene rings is 3. The quantitative estimate of drug-likeness (QED) is 0.562. The summed E-state index contributed by atoms with van der Waals surface area (Å²) in [6, 6.07) is 18.4. The smallest absolute Gasteiger partial charge is 0.136 e. The van der Waals surface area contributed by atoms with Crippen LogP contribution in [0.15, 0.2) is 59.0 Å². The molecule has 4 aromatic rings. The number of piperazine rings is 1. The fourth-order valence-corrected chi connectivity index (χ4v) is 4.53. The number of phenolic OH excluding ortho intramolecular Hbond substituents is 1. The van der Waals surface area contributed by atoms with E-state index in [1.165, 1.54) is 21.7 Å². The number of hydrogen-bond acceptors (Lipinski definition) is 3. The van der Waals surface area contributed by atoms with Crippen LogP contribution >= 0.6 is 0 Å². The predicted octanol–water partition coefficient (Wildman–Crippen LogP) is 3.81. The van der Waals surface area contributed by atoms with Crippen molar-refractivity contribution in [3.8, 4) is 5.75 Å². The predicted molar refractivity (Wildman–Crippen MR) is 118 cm³/mol. The van der Waals surface area contributed by atoms with Gasteiger partial charge >= 0.3 is 0 Å². The average Bonchev–Trinajstić information content (AvgIpc) is 3.08. The zero-order chi connectivity index (χ0) is 20.0. The molecule has 0 radical (unpaired) electrons. The van der Waals surface area contributed by atoms with Gasteiger partial charge in [-0.05, 0) is 49.2 Å². The van der Waals surface area contributed by atoms with Crippen molar-refractivity contribution < 1.29 is 14.4 Å². The highest BCUT2D eigenvalue weighted by Gasteiger charge is 2.23. The molecule has 0 bridgehead atoms. The van der Waals surface area contributed by atoms with Crippen LogP contribution in [-0.2, 0) is 6.54 Å². The molecule has 0 atom stereocenters. The van der Waals surface area contributed by atoms with Gasteiger partial charge in [0, 0.05) is 16.5 Å². The van der Waals surface area contributed by atoms with Crippen LogP contribution in [0.1, 0.15) is 16.7 Å². The van der Waals surface area contributed by atoms with Gasteiger partial charge in [0.15, 0.2) is 0 Å². The second kappa shape index (κ2) is 7.12. The molecule has 1 aromatic heterocycles. The van der Waals surface area contributed by atoms with E-state index in [1.54, 1.807) is 0 Å². The molecular formula is C25H27N2O2+. The van der Waals surface area contributed by atoms with Crippen molar-refractivity contribution in [3.63, 3.8) is 0 Å². The summed E-state index contributed by atoms with van der Waals surface area (Å²) in [7, 11) is 0. The van der Waals surface area contributed by atoms with Gasteiger partial charge in [-0.3, -0.25) is 0 Å². The normalized spacial score (nSPS) is 15.4. The number of quaternary nitrogens is 1. The summed E-state index contributed by atoms with van der Waals surface area (Å²) >= 11 is 0. The molecule has 0 amide bonds. The maximum atomic E-state index is 10.6. The van der Waals surface area contributed by atoms with E-state index in [-0.39, 0.29) is 0 Å². The van der Waals surface area contributed by atoms with Crippen LogP contribution < -0.4 is 9.80 Å². The maximum absolute atomic E-state index is 10.6. The molecule has 2 N–H and O–H groups in total. The Labute approximate surface area is 171 Å². The molecule has 0 aliphatic carbocycles. The lowest BCUT2D eigenvalue weighted by atomic mass is 10.1. The Hall–Kier alpha value is -2.98. The lowest BCUT2D eigenvalue weighted by molar-refractivity contribution is -0.914. The third-order valence-corrected chi connectivity index (χ3v) is 6.41. The third-order valence-electron chi connectivity index (χ3n) is 6.41. The van der Waals surface area contributed by atoms with Gasteiger partial charge in [0.2, 0.25) is 0 Å². The number of aromatic hydroxyl groups is 1. The van der Waals surface area contributed by atoms with E-state index < -0.39 is 0 Å². The number of nitrogens with zero attached hydrogens (tertiary/aromatic N) is 1. The summed E-state index contributed by atoms with van der Waals surface area (Å²) < 4.78 is 6.01. The molecule has 0 unspecified atom stereocenters. The molecular weight excluding hydrogens is 360 g/mol. The minimum Gasteiger partial charge on any atom is -0.507 e. The standard InChI is InChI=1S/C25H26N2O2/c1-17-6-5-8-22(18(17)2)27-12-10-26(11-13-27)16-19-14-25-21(15-23(19)28)20-7-3-4-9-24(20)29-25/h3-9,14-15,28H,10-13,16H2,1-2H3/p+1. The van der Waals surface area contributed by atoms with Crippen LogP contribution in [0.4, 0.5) is 5.69 Å². The molecule has 4 heteroatoms. The van der Waals surface area contributed by atoms with Gasteiger partial charge in [-0.1, -0.05) is 30.3 Å². The van der Waals surface area contributed by atoms with Gasteiger partial charge in [0.25, 0.3) is 0 Å². The third kappa shape index (κ3) is 3.23. The second-order valence-corrected chi connectivity index (χ2v) is 8.21. The lowest BCUT2D eigenvalue weighted by Crippen LogP contribution is -3.13. The number of fused-ring (bicyclic) bond motifs is 3. The fourth-order valence-electron chi connectivity index (χ4n) is 4.53. The molecule has 0 saturated carbocycles. The summed E-state index contributed by atoms with van der Waals surface area (Å²) in [6.45, 7) is 9.40. The van der Waals surface area contributed by atoms with Crippen LogP contribution in [0, 0.1) is 13.8 Å². The van der Waals surface area contributed by atoms with Crippen molar-refractivity contribution in [2.24, 2.45) is 0 Å². The maximum Gasteiger partial charge on any atom is 0.136 e. The topological polar surface area (TPSA) is 41.0 Å². The molecule has 0 spiro atoms. The van der Waals surface area contributed by atoms with E-state index in [4.69, 9.17) is 4.42 Å². The van der Waals surface area contributed by atoms with E-state index >= 15 is 0 Å². The van der Waals surface area contributed by atoms with Gasteiger partial charge < -0.3 is 19.3 Å². The molecule has 1 aliphatic rings. The Morgan fingerprint density at radius 3 is 2.55 bits per heavy atom. The molecule has 5 rings (SSSR count). The summed E-state index contributed by atoms with van der Waals surface area (Å²) in [5, 5.41) is 12.7. The molecule has 1 saturated heterocycles. The van der Waals surface area contributed by atoms with Crippen molar-refractivity contribution in [3.05, 3.63) is 71.3 Å². The lowest BCUT2D eigenvalue weighted by Gasteiger charge is -2.34. The minimum atomic E-state index is 0.369. The van der Waals surface area contributed by atoms with Gasteiger partial charge in [-0.15, -0.1) is 0 Å². The number of furan rings is 1. The van der Waals surface area contributed by atoms with Gasteiger partial charge in [-0.25, -0.2) is 0 Å². The van der Waals surface area contributed by atoms with Gasteiger partial charge in [0.1, 0.15) is 23.5 Å². The molecule has 3 aromatic carbocycles. The van der Waals surface area contributed by atoms with Gasteiger partial charge in [-0.2, -0.15) is 0 Å². The first-order valence-electron chi connectivity index (χ1n) is 10.4. The number of phenols is 1. The summed E-state index contributed by atoms with van der Waals surface area (Å²) in [5.41, 5.74) is 6.77. The molecule has 1 aliphatic heterocycles. The fraction of sp³-hybridized carbons (Fsp3) is 0.280. The number of para-hydroxylation sites is 1.